The first-order valence-electron chi connectivity index (χ1n) is 5.57. The van der Waals surface area contributed by atoms with Crippen molar-refractivity contribution in [2.75, 3.05) is 11.4 Å². The number of hydrogen-bond donors (Lipinski definition) is 1. The summed E-state index contributed by atoms with van der Waals surface area (Å²) in [5, 5.41) is 2.34. The lowest BCUT2D eigenvalue weighted by molar-refractivity contribution is -0.135. The van der Waals surface area contributed by atoms with Gasteiger partial charge in [0, 0.05) is 4.47 Å². The Morgan fingerprint density at radius 1 is 1.39 bits per heavy atom. The van der Waals surface area contributed by atoms with Gasteiger partial charge in [0.1, 0.15) is 11.4 Å². The highest BCUT2D eigenvalue weighted by atomic mass is 79.9. The van der Waals surface area contributed by atoms with Gasteiger partial charge in [0.05, 0.1) is 12.2 Å². The van der Waals surface area contributed by atoms with Crippen LogP contribution >= 0.6 is 15.9 Å². The number of pyridine rings is 1. The minimum atomic E-state index is -0.790. The highest BCUT2D eigenvalue weighted by molar-refractivity contribution is 9.10. The van der Waals surface area contributed by atoms with Gasteiger partial charge in [-0.05, 0) is 48.8 Å². The summed E-state index contributed by atoms with van der Waals surface area (Å²) in [5.74, 6) is 0.0201. The Bertz CT molecular complexity index is 528. The van der Waals surface area contributed by atoms with Crippen LogP contribution in [0.1, 0.15) is 19.5 Å². The fourth-order valence-corrected chi connectivity index (χ4v) is 2.05. The fourth-order valence-electron chi connectivity index (χ4n) is 1.83. The molecule has 2 rings (SSSR count). The third-order valence-corrected chi connectivity index (χ3v) is 3.91. The van der Waals surface area contributed by atoms with Crippen LogP contribution in [0.15, 0.2) is 16.6 Å². The Kier molecular flexibility index (Phi) is 3.14. The zero-order valence-corrected chi connectivity index (χ0v) is 12.0. The van der Waals surface area contributed by atoms with E-state index in [1.807, 2.05) is 13.0 Å². The molecule has 96 valence electrons. The Morgan fingerprint density at radius 3 is 2.67 bits per heavy atom. The van der Waals surface area contributed by atoms with Gasteiger partial charge in [-0.2, -0.15) is 0 Å². The second-order valence-corrected chi connectivity index (χ2v) is 5.61. The van der Waals surface area contributed by atoms with Crippen molar-refractivity contribution in [2.45, 2.75) is 26.3 Å². The first-order chi connectivity index (χ1) is 8.32. The predicted octanol–water partition coefficient (Wildman–Crippen LogP) is 1.39. The number of rotatable bonds is 1. The quantitative estimate of drug-likeness (QED) is 0.796. The van der Waals surface area contributed by atoms with Crippen molar-refractivity contribution in [3.63, 3.8) is 0 Å². The third kappa shape index (κ3) is 2.12. The van der Waals surface area contributed by atoms with Gasteiger partial charge in [0.15, 0.2) is 0 Å². The molecule has 1 fully saturated rings. The van der Waals surface area contributed by atoms with Crippen LogP contribution in [0.5, 0.6) is 0 Å². The number of anilines is 1. The number of nitrogens with zero attached hydrogens (tertiary/aromatic N) is 2. The maximum atomic E-state index is 11.9. The van der Waals surface area contributed by atoms with Crippen LogP contribution in [0, 0.1) is 6.92 Å². The Labute approximate surface area is 114 Å². The van der Waals surface area contributed by atoms with Crippen molar-refractivity contribution in [3.8, 4) is 0 Å². The van der Waals surface area contributed by atoms with Gasteiger partial charge < -0.3 is 4.90 Å². The van der Waals surface area contributed by atoms with Crippen LogP contribution in [-0.2, 0) is 9.59 Å². The van der Waals surface area contributed by atoms with Crippen molar-refractivity contribution < 1.29 is 9.59 Å². The second-order valence-electron chi connectivity index (χ2n) is 4.76. The van der Waals surface area contributed by atoms with Gasteiger partial charge in [0.25, 0.3) is 5.91 Å². The van der Waals surface area contributed by atoms with Gasteiger partial charge in [-0.25, -0.2) is 4.98 Å². The van der Waals surface area contributed by atoms with E-state index in [4.69, 9.17) is 0 Å². The highest BCUT2D eigenvalue weighted by Crippen LogP contribution is 2.26. The minimum Gasteiger partial charge on any atom is -0.333 e. The summed E-state index contributed by atoms with van der Waals surface area (Å²) >= 11 is 3.38. The highest BCUT2D eigenvalue weighted by Gasteiger charge is 2.41. The van der Waals surface area contributed by atoms with Gasteiger partial charge in [-0.1, -0.05) is 0 Å². The molecule has 6 heteroatoms. The third-order valence-electron chi connectivity index (χ3n) is 3.07. The van der Waals surface area contributed by atoms with Gasteiger partial charge in [-0.3, -0.25) is 14.9 Å². The molecule has 0 aliphatic carbocycles. The number of nitrogens with one attached hydrogen (secondary N) is 1. The molecule has 1 aliphatic heterocycles. The van der Waals surface area contributed by atoms with Crippen LogP contribution in [0.3, 0.4) is 0 Å². The molecular weight excluding hydrogens is 298 g/mol. The van der Waals surface area contributed by atoms with Crippen LogP contribution < -0.4 is 10.2 Å². The Balaban J connectivity index is 2.43. The van der Waals surface area contributed by atoms with E-state index < -0.39 is 5.54 Å². The van der Waals surface area contributed by atoms with E-state index in [0.717, 1.165) is 10.2 Å². The van der Waals surface area contributed by atoms with Crippen LogP contribution in [0.25, 0.3) is 0 Å². The lowest BCUT2D eigenvalue weighted by atomic mass is 9.98. The normalized spacial score (nSPS) is 18.8. The summed E-state index contributed by atoms with van der Waals surface area (Å²) in [6.45, 7) is 5.54. The SMILES string of the molecule is Cc1nc(N2CC(=O)NC(=O)C2(C)C)ccc1Br. The molecule has 2 amide bonds. The molecule has 5 nitrogen and oxygen atoms in total. The number of halogens is 1. The standard InChI is InChI=1S/C12H14BrN3O2/c1-7-8(13)4-5-9(14-7)16-6-10(17)15-11(18)12(16,2)3/h4-5H,6H2,1-3H3,(H,15,17,18). The van der Waals surface area contributed by atoms with Crippen LogP contribution in [0.4, 0.5) is 5.82 Å². The summed E-state index contributed by atoms with van der Waals surface area (Å²) in [7, 11) is 0. The molecule has 0 atom stereocenters. The summed E-state index contributed by atoms with van der Waals surface area (Å²) in [5.41, 5.74) is 0.0306. The van der Waals surface area contributed by atoms with Crippen LogP contribution in [-0.4, -0.2) is 28.9 Å². The maximum Gasteiger partial charge on any atom is 0.251 e. The van der Waals surface area contributed by atoms with E-state index in [9.17, 15) is 9.59 Å². The number of aryl methyl sites for hydroxylation is 1. The molecular formula is C12H14BrN3O2. The van der Waals surface area contributed by atoms with Crippen molar-refractivity contribution in [1.82, 2.24) is 10.3 Å². The lowest BCUT2D eigenvalue weighted by Crippen LogP contribution is -2.64. The molecule has 0 bridgehead atoms. The van der Waals surface area contributed by atoms with E-state index in [0.29, 0.717) is 5.82 Å². The topological polar surface area (TPSA) is 62.3 Å². The van der Waals surface area contributed by atoms with E-state index in [2.05, 4.69) is 26.2 Å². The molecule has 0 aromatic carbocycles. The van der Waals surface area contributed by atoms with Crippen molar-refractivity contribution in [3.05, 3.63) is 22.3 Å². The number of piperazine rings is 1. The smallest absolute Gasteiger partial charge is 0.251 e. The minimum absolute atomic E-state index is 0.132. The van der Waals surface area contributed by atoms with E-state index in [1.165, 1.54) is 0 Å². The van der Waals surface area contributed by atoms with Crippen molar-refractivity contribution >= 4 is 33.6 Å². The summed E-state index contributed by atoms with van der Waals surface area (Å²) in [6, 6.07) is 3.66. The monoisotopic (exact) mass is 311 g/mol. The van der Waals surface area contributed by atoms with Gasteiger partial charge >= 0.3 is 0 Å². The molecule has 0 radical (unpaired) electrons. The number of carbonyl (C=O) groups is 2. The zero-order chi connectivity index (χ0) is 13.5. The summed E-state index contributed by atoms with van der Waals surface area (Å²) in [6.07, 6.45) is 0. The molecule has 0 spiro atoms. The number of aromatic nitrogens is 1. The molecule has 1 N–H and O–H groups in total. The van der Waals surface area contributed by atoms with E-state index in [1.54, 1.807) is 24.8 Å². The molecule has 1 aromatic heterocycles. The molecule has 1 aromatic rings. The molecule has 2 heterocycles. The molecule has 18 heavy (non-hydrogen) atoms. The van der Waals surface area contributed by atoms with Crippen molar-refractivity contribution in [2.24, 2.45) is 0 Å². The Hall–Kier alpha value is -1.43. The Morgan fingerprint density at radius 2 is 2.06 bits per heavy atom. The van der Waals surface area contributed by atoms with Crippen LogP contribution in [0.2, 0.25) is 0 Å². The first kappa shape index (κ1) is 13.0. The largest absolute Gasteiger partial charge is 0.333 e. The number of amides is 2. The maximum absolute atomic E-state index is 11.9. The first-order valence-corrected chi connectivity index (χ1v) is 6.37. The number of hydrogen-bond acceptors (Lipinski definition) is 4. The average molecular weight is 312 g/mol. The van der Waals surface area contributed by atoms with Gasteiger partial charge in [0.2, 0.25) is 5.91 Å². The number of imide groups is 1. The molecule has 1 aliphatic rings. The molecule has 0 unspecified atom stereocenters. The van der Waals surface area contributed by atoms with Crippen molar-refractivity contribution in [1.29, 1.82) is 0 Å². The zero-order valence-electron chi connectivity index (χ0n) is 10.5. The average Bonchev–Trinajstić information content (AvgIpc) is 2.28. The summed E-state index contributed by atoms with van der Waals surface area (Å²) in [4.78, 5) is 29.5. The fraction of sp³-hybridized carbons (Fsp3) is 0.417. The predicted molar refractivity (Wildman–Crippen MR) is 71.2 cm³/mol. The molecule has 0 saturated carbocycles. The second kappa shape index (κ2) is 4.35. The summed E-state index contributed by atoms with van der Waals surface area (Å²) < 4.78 is 0.900. The molecule has 1 saturated heterocycles. The van der Waals surface area contributed by atoms with E-state index >= 15 is 0 Å². The van der Waals surface area contributed by atoms with Gasteiger partial charge in [-0.15, -0.1) is 0 Å². The lowest BCUT2D eigenvalue weighted by Gasteiger charge is -2.41. The number of carbonyl (C=O) groups excluding carboxylic acids is 2. The van der Waals surface area contributed by atoms with E-state index in [-0.39, 0.29) is 18.4 Å².